The lowest BCUT2D eigenvalue weighted by Gasteiger charge is -2.17. The summed E-state index contributed by atoms with van der Waals surface area (Å²) in [5.41, 5.74) is 8.96. The van der Waals surface area contributed by atoms with Gasteiger partial charge in [-0.05, 0) is 44.1 Å². The monoisotopic (exact) mass is 296 g/mol. The lowest BCUT2D eigenvalue weighted by atomic mass is 9.93. The number of likely N-dealkylation sites (tertiary alicyclic amines) is 1. The summed E-state index contributed by atoms with van der Waals surface area (Å²) >= 11 is 0. The van der Waals surface area contributed by atoms with Crippen molar-refractivity contribution in [3.8, 4) is 17.0 Å². The molecule has 1 saturated heterocycles. The van der Waals surface area contributed by atoms with E-state index in [-0.39, 0.29) is 0 Å². The van der Waals surface area contributed by atoms with E-state index >= 15 is 0 Å². The molecule has 2 aromatic rings. The number of aromatic nitrogens is 2. The van der Waals surface area contributed by atoms with Crippen molar-refractivity contribution < 1.29 is 4.74 Å². The standard InChI is InChI=1S/C16H21BN4O/c1-20-16(14(17)11-19-20)13-10-12(18)4-5-15(13)22-9-8-21-6-2-3-7-21/h4-5,10-11H,2-3,6-9,18H2,1H3. The van der Waals surface area contributed by atoms with Crippen molar-refractivity contribution in [2.75, 3.05) is 32.0 Å². The lowest BCUT2D eigenvalue weighted by molar-refractivity contribution is 0.238. The van der Waals surface area contributed by atoms with Crippen molar-refractivity contribution in [3.63, 3.8) is 0 Å². The number of ether oxygens (including phenoxy) is 1. The molecule has 2 N–H and O–H groups in total. The quantitative estimate of drug-likeness (QED) is 0.659. The molecule has 0 spiro atoms. The van der Waals surface area contributed by atoms with Crippen LogP contribution in [0.15, 0.2) is 24.4 Å². The minimum absolute atomic E-state index is 0.623. The van der Waals surface area contributed by atoms with E-state index in [0.717, 1.165) is 23.6 Å². The predicted octanol–water partition coefficient (Wildman–Crippen LogP) is 0.938. The Morgan fingerprint density at radius 1 is 1.32 bits per heavy atom. The number of rotatable bonds is 5. The molecule has 1 fully saturated rings. The van der Waals surface area contributed by atoms with Crippen LogP contribution in [-0.4, -0.2) is 48.8 Å². The van der Waals surface area contributed by atoms with Crippen LogP contribution < -0.4 is 15.9 Å². The number of nitrogens with two attached hydrogens (primary N) is 1. The third-order valence-corrected chi connectivity index (χ3v) is 4.09. The lowest BCUT2D eigenvalue weighted by Crippen LogP contribution is -2.25. The largest absolute Gasteiger partial charge is 0.492 e. The van der Waals surface area contributed by atoms with E-state index in [2.05, 4.69) is 10.00 Å². The number of hydrogen-bond donors (Lipinski definition) is 1. The Labute approximate surface area is 132 Å². The Morgan fingerprint density at radius 3 is 2.77 bits per heavy atom. The highest BCUT2D eigenvalue weighted by molar-refractivity contribution is 6.35. The van der Waals surface area contributed by atoms with Crippen LogP contribution >= 0.6 is 0 Å². The Hall–Kier alpha value is -1.95. The first kappa shape index (κ1) is 15.0. The molecule has 1 aliphatic heterocycles. The molecule has 0 atom stereocenters. The maximum atomic E-state index is 6.03. The Kier molecular flexibility index (Phi) is 4.38. The molecule has 0 bridgehead atoms. The topological polar surface area (TPSA) is 56.3 Å². The van der Waals surface area contributed by atoms with Gasteiger partial charge in [-0.3, -0.25) is 9.58 Å². The highest BCUT2D eigenvalue weighted by atomic mass is 16.5. The average molecular weight is 296 g/mol. The van der Waals surface area contributed by atoms with Crippen LogP contribution in [0, 0.1) is 0 Å². The van der Waals surface area contributed by atoms with Crippen molar-refractivity contribution in [2.24, 2.45) is 7.05 Å². The van der Waals surface area contributed by atoms with Gasteiger partial charge in [0.05, 0.1) is 5.69 Å². The molecule has 22 heavy (non-hydrogen) atoms. The van der Waals surface area contributed by atoms with Gasteiger partial charge >= 0.3 is 0 Å². The highest BCUT2D eigenvalue weighted by Gasteiger charge is 2.15. The van der Waals surface area contributed by atoms with Gasteiger partial charge in [-0.2, -0.15) is 5.10 Å². The summed E-state index contributed by atoms with van der Waals surface area (Å²) in [5.74, 6) is 0.795. The van der Waals surface area contributed by atoms with Crippen molar-refractivity contribution in [3.05, 3.63) is 24.4 Å². The maximum Gasteiger partial charge on any atom is 0.128 e. The van der Waals surface area contributed by atoms with Crippen molar-refractivity contribution in [1.29, 1.82) is 0 Å². The second-order valence-corrected chi connectivity index (χ2v) is 5.72. The average Bonchev–Trinajstić information content (AvgIpc) is 3.11. The third-order valence-electron chi connectivity index (χ3n) is 4.09. The Bertz CT molecular complexity index is 630. The van der Waals surface area contributed by atoms with Crippen LogP contribution in [0.2, 0.25) is 0 Å². The van der Waals surface area contributed by atoms with E-state index in [1.54, 1.807) is 10.9 Å². The summed E-state index contributed by atoms with van der Waals surface area (Å²) in [4.78, 5) is 2.43. The highest BCUT2D eigenvalue weighted by Crippen LogP contribution is 2.30. The normalized spacial score (nSPS) is 15.3. The smallest absolute Gasteiger partial charge is 0.128 e. The van der Waals surface area contributed by atoms with Gasteiger partial charge in [0.1, 0.15) is 20.2 Å². The molecular formula is C16H21BN4O. The van der Waals surface area contributed by atoms with Gasteiger partial charge in [-0.25, -0.2) is 0 Å². The van der Waals surface area contributed by atoms with Gasteiger partial charge in [0, 0.05) is 31.0 Å². The van der Waals surface area contributed by atoms with Gasteiger partial charge in [-0.15, -0.1) is 0 Å². The molecule has 0 amide bonds. The molecule has 2 radical (unpaired) electrons. The fourth-order valence-electron chi connectivity index (χ4n) is 2.93. The van der Waals surface area contributed by atoms with Crippen molar-refractivity contribution >= 4 is 19.0 Å². The zero-order chi connectivity index (χ0) is 15.5. The van der Waals surface area contributed by atoms with E-state index in [1.165, 1.54) is 25.9 Å². The molecule has 1 aliphatic rings. The molecule has 3 rings (SSSR count). The Balaban J connectivity index is 1.79. The SMILES string of the molecule is [B]c1cnn(C)c1-c1cc(N)ccc1OCCN1CCCC1. The van der Waals surface area contributed by atoms with Crippen LogP contribution in [0.3, 0.4) is 0 Å². The number of aryl methyl sites for hydroxylation is 1. The minimum atomic E-state index is 0.623. The molecule has 6 heteroatoms. The first-order valence-corrected chi connectivity index (χ1v) is 7.67. The van der Waals surface area contributed by atoms with Crippen LogP contribution in [-0.2, 0) is 7.05 Å². The van der Waals surface area contributed by atoms with Gasteiger partial charge < -0.3 is 10.5 Å². The van der Waals surface area contributed by atoms with E-state index in [1.807, 2.05) is 25.2 Å². The molecule has 0 unspecified atom stereocenters. The van der Waals surface area contributed by atoms with E-state index < -0.39 is 0 Å². The number of nitrogen functional groups attached to an aromatic ring is 1. The van der Waals surface area contributed by atoms with Crippen LogP contribution in [0.5, 0.6) is 5.75 Å². The number of benzene rings is 1. The number of nitrogens with zero attached hydrogens (tertiary/aromatic N) is 3. The molecule has 114 valence electrons. The fourth-order valence-corrected chi connectivity index (χ4v) is 2.93. The Morgan fingerprint density at radius 2 is 2.09 bits per heavy atom. The van der Waals surface area contributed by atoms with E-state index in [4.69, 9.17) is 18.3 Å². The van der Waals surface area contributed by atoms with Crippen LogP contribution in [0.4, 0.5) is 5.69 Å². The summed E-state index contributed by atoms with van der Waals surface area (Å²) in [6.45, 7) is 3.96. The van der Waals surface area contributed by atoms with Gasteiger partial charge in [0.2, 0.25) is 0 Å². The molecule has 0 aliphatic carbocycles. The summed E-state index contributed by atoms with van der Waals surface area (Å²) in [5, 5.41) is 4.19. The molecule has 5 nitrogen and oxygen atoms in total. The first-order valence-electron chi connectivity index (χ1n) is 7.67. The van der Waals surface area contributed by atoms with Gasteiger partial charge in [0.25, 0.3) is 0 Å². The zero-order valence-corrected chi connectivity index (χ0v) is 13.0. The molecular weight excluding hydrogens is 275 g/mol. The zero-order valence-electron chi connectivity index (χ0n) is 13.0. The second-order valence-electron chi connectivity index (χ2n) is 5.72. The molecule has 2 heterocycles. The summed E-state index contributed by atoms with van der Waals surface area (Å²) in [6, 6.07) is 5.64. The van der Waals surface area contributed by atoms with Crippen LogP contribution in [0.1, 0.15) is 12.8 Å². The first-order chi connectivity index (χ1) is 10.6. The van der Waals surface area contributed by atoms with Crippen molar-refractivity contribution in [2.45, 2.75) is 12.8 Å². The van der Waals surface area contributed by atoms with E-state index in [9.17, 15) is 0 Å². The molecule has 0 saturated carbocycles. The third kappa shape index (κ3) is 3.12. The summed E-state index contributed by atoms with van der Waals surface area (Å²) in [7, 11) is 7.90. The molecule has 1 aromatic heterocycles. The number of anilines is 1. The van der Waals surface area contributed by atoms with E-state index in [0.29, 0.717) is 17.8 Å². The maximum absolute atomic E-state index is 6.03. The van der Waals surface area contributed by atoms with Crippen molar-refractivity contribution in [1.82, 2.24) is 14.7 Å². The molecule has 1 aromatic carbocycles. The van der Waals surface area contributed by atoms with Gasteiger partial charge in [0.15, 0.2) is 0 Å². The predicted molar refractivity (Wildman–Crippen MR) is 89.6 cm³/mol. The van der Waals surface area contributed by atoms with Gasteiger partial charge in [-0.1, -0.05) is 5.46 Å². The second kappa shape index (κ2) is 6.44. The number of hydrogen-bond acceptors (Lipinski definition) is 4. The van der Waals surface area contributed by atoms with Crippen LogP contribution in [0.25, 0.3) is 11.3 Å². The fraction of sp³-hybridized carbons (Fsp3) is 0.438. The summed E-state index contributed by atoms with van der Waals surface area (Å²) < 4.78 is 7.74. The minimum Gasteiger partial charge on any atom is -0.492 e. The summed E-state index contributed by atoms with van der Waals surface area (Å²) in [6.07, 6.45) is 4.23.